The minimum atomic E-state index is -0.500. The molecule has 8 heteroatoms. The second kappa shape index (κ2) is 6.40. The molecule has 126 valence electrons. The lowest BCUT2D eigenvalue weighted by Crippen LogP contribution is -2.51. The monoisotopic (exact) mass is 329 g/mol. The minimum absolute atomic E-state index is 0.145. The molecule has 1 aliphatic carbocycles. The molecule has 0 spiro atoms. The van der Waals surface area contributed by atoms with E-state index < -0.39 is 10.5 Å². The Kier molecular flexibility index (Phi) is 4.30. The molecule has 0 radical (unpaired) electrons. The molecule has 1 aliphatic rings. The van der Waals surface area contributed by atoms with Crippen molar-refractivity contribution in [3.63, 3.8) is 0 Å². The smallest absolute Gasteiger partial charge is 0.294 e. The van der Waals surface area contributed by atoms with Crippen molar-refractivity contribution in [3.8, 4) is 5.69 Å². The molecule has 1 aromatic heterocycles. The Balaban J connectivity index is 1.90. The molecule has 0 saturated heterocycles. The average molecular weight is 329 g/mol. The Morgan fingerprint density at radius 1 is 1.42 bits per heavy atom. The van der Waals surface area contributed by atoms with Crippen molar-refractivity contribution < 1.29 is 9.72 Å². The van der Waals surface area contributed by atoms with Gasteiger partial charge in [0.25, 0.3) is 11.6 Å². The van der Waals surface area contributed by atoms with Gasteiger partial charge in [0.1, 0.15) is 5.69 Å². The molecule has 24 heavy (non-hydrogen) atoms. The van der Waals surface area contributed by atoms with E-state index >= 15 is 0 Å². The average Bonchev–Trinajstić information content (AvgIpc) is 3.26. The zero-order valence-corrected chi connectivity index (χ0v) is 13.1. The molecule has 0 atom stereocenters. The third kappa shape index (κ3) is 3.00. The zero-order valence-electron chi connectivity index (χ0n) is 13.1. The van der Waals surface area contributed by atoms with E-state index in [1.54, 1.807) is 18.3 Å². The maximum absolute atomic E-state index is 12.5. The first-order valence-corrected chi connectivity index (χ1v) is 7.84. The lowest BCUT2D eigenvalue weighted by Gasteiger charge is -2.28. The van der Waals surface area contributed by atoms with Crippen LogP contribution in [0, 0.1) is 10.1 Å². The molecule has 3 rings (SSSR count). The van der Waals surface area contributed by atoms with Crippen molar-refractivity contribution in [2.75, 3.05) is 6.54 Å². The summed E-state index contributed by atoms with van der Waals surface area (Å²) in [6.45, 7) is 0.369. The van der Waals surface area contributed by atoms with Gasteiger partial charge in [-0.05, 0) is 25.0 Å². The maximum atomic E-state index is 12.5. The third-order valence-electron chi connectivity index (χ3n) is 4.55. The summed E-state index contributed by atoms with van der Waals surface area (Å²) in [6.07, 6.45) is 8.35. The molecular weight excluding hydrogens is 310 g/mol. The van der Waals surface area contributed by atoms with Crippen molar-refractivity contribution in [2.24, 2.45) is 5.73 Å². The fourth-order valence-electron chi connectivity index (χ4n) is 3.18. The Morgan fingerprint density at radius 3 is 2.75 bits per heavy atom. The lowest BCUT2D eigenvalue weighted by molar-refractivity contribution is -0.384. The molecule has 2 aromatic rings. The van der Waals surface area contributed by atoms with E-state index in [1.165, 1.54) is 23.2 Å². The molecule has 1 fully saturated rings. The highest BCUT2D eigenvalue weighted by Gasteiger charge is 2.34. The Bertz CT molecular complexity index is 751. The number of amides is 1. The molecule has 1 amide bonds. The van der Waals surface area contributed by atoms with Crippen LogP contribution in [-0.4, -0.2) is 32.5 Å². The summed E-state index contributed by atoms with van der Waals surface area (Å²) in [5.41, 5.74) is 5.91. The Hall–Kier alpha value is -2.74. The van der Waals surface area contributed by atoms with Gasteiger partial charge in [-0.25, -0.2) is 4.98 Å². The fraction of sp³-hybridized carbons (Fsp3) is 0.375. The van der Waals surface area contributed by atoms with Gasteiger partial charge in [-0.3, -0.25) is 14.9 Å². The third-order valence-corrected chi connectivity index (χ3v) is 4.55. The van der Waals surface area contributed by atoms with Gasteiger partial charge in [-0.1, -0.05) is 12.8 Å². The van der Waals surface area contributed by atoms with E-state index in [1.807, 2.05) is 0 Å². The number of carbonyl (C=O) groups is 1. The van der Waals surface area contributed by atoms with E-state index in [9.17, 15) is 14.9 Å². The van der Waals surface area contributed by atoms with Gasteiger partial charge in [-0.15, -0.1) is 0 Å². The first kappa shape index (κ1) is 16.1. The molecule has 1 aromatic carbocycles. The summed E-state index contributed by atoms with van der Waals surface area (Å²) in [7, 11) is 0. The largest absolute Gasteiger partial charge is 0.345 e. The number of aromatic nitrogens is 2. The van der Waals surface area contributed by atoms with Crippen molar-refractivity contribution in [3.05, 3.63) is 52.6 Å². The van der Waals surface area contributed by atoms with Gasteiger partial charge < -0.3 is 15.6 Å². The quantitative estimate of drug-likeness (QED) is 0.640. The second-order valence-corrected chi connectivity index (χ2v) is 6.08. The van der Waals surface area contributed by atoms with E-state index in [0.717, 1.165) is 25.7 Å². The van der Waals surface area contributed by atoms with Crippen molar-refractivity contribution in [1.29, 1.82) is 0 Å². The first-order valence-electron chi connectivity index (χ1n) is 7.84. The number of nitrogens with one attached hydrogen (secondary N) is 1. The van der Waals surface area contributed by atoms with Gasteiger partial charge in [0.05, 0.1) is 16.8 Å². The van der Waals surface area contributed by atoms with Gasteiger partial charge in [0.15, 0.2) is 0 Å². The van der Waals surface area contributed by atoms with Gasteiger partial charge in [-0.2, -0.15) is 0 Å². The molecular formula is C16H19N5O3. The maximum Gasteiger partial charge on any atom is 0.294 e. The molecule has 0 bridgehead atoms. The van der Waals surface area contributed by atoms with Crippen LogP contribution in [0.15, 0.2) is 36.9 Å². The van der Waals surface area contributed by atoms with Crippen LogP contribution in [-0.2, 0) is 0 Å². The zero-order chi connectivity index (χ0) is 17.2. The standard InChI is InChI=1S/C16H19N5O3/c17-10-16(5-1-2-6-16)19-15(22)12-3-4-13(14(9-12)21(23)24)20-8-7-18-11-20/h3-4,7-9,11H,1-2,5-6,10,17H2,(H,19,22). The normalized spacial score (nSPS) is 16.0. The van der Waals surface area contributed by atoms with Crippen LogP contribution in [0.1, 0.15) is 36.0 Å². The molecule has 3 N–H and O–H groups in total. The second-order valence-electron chi connectivity index (χ2n) is 6.08. The highest BCUT2D eigenvalue weighted by atomic mass is 16.6. The predicted octanol–water partition coefficient (Wildman–Crippen LogP) is 1.78. The van der Waals surface area contributed by atoms with Crippen molar-refractivity contribution >= 4 is 11.6 Å². The molecule has 1 heterocycles. The van der Waals surface area contributed by atoms with Crippen LogP contribution >= 0.6 is 0 Å². The number of nitrogens with two attached hydrogens (primary N) is 1. The fourth-order valence-corrected chi connectivity index (χ4v) is 3.18. The number of hydrogen-bond acceptors (Lipinski definition) is 5. The number of nitrogens with zero attached hydrogens (tertiary/aromatic N) is 3. The predicted molar refractivity (Wildman–Crippen MR) is 87.9 cm³/mol. The van der Waals surface area contributed by atoms with Gasteiger partial charge in [0, 0.05) is 30.6 Å². The van der Waals surface area contributed by atoms with Gasteiger partial charge in [0.2, 0.25) is 0 Å². The summed E-state index contributed by atoms with van der Waals surface area (Å²) in [4.78, 5) is 27.3. The van der Waals surface area contributed by atoms with Crippen LogP contribution in [0.25, 0.3) is 5.69 Å². The van der Waals surface area contributed by atoms with E-state index in [-0.39, 0.29) is 17.2 Å². The summed E-state index contributed by atoms with van der Waals surface area (Å²) in [5, 5.41) is 14.3. The highest BCUT2D eigenvalue weighted by Crippen LogP contribution is 2.30. The summed E-state index contributed by atoms with van der Waals surface area (Å²) in [5.74, 6) is -0.331. The van der Waals surface area contributed by atoms with Crippen molar-refractivity contribution in [1.82, 2.24) is 14.9 Å². The SMILES string of the molecule is NCC1(NC(=O)c2ccc(-n3ccnc3)c([N+](=O)[O-])c2)CCCC1. The summed E-state index contributed by atoms with van der Waals surface area (Å²) >= 11 is 0. The van der Waals surface area contributed by atoms with Crippen LogP contribution in [0.3, 0.4) is 0 Å². The number of imidazole rings is 1. The molecule has 1 saturated carbocycles. The molecule has 0 aliphatic heterocycles. The molecule has 0 unspecified atom stereocenters. The Morgan fingerprint density at radius 2 is 2.17 bits per heavy atom. The van der Waals surface area contributed by atoms with Crippen molar-refractivity contribution in [2.45, 2.75) is 31.2 Å². The topological polar surface area (TPSA) is 116 Å². The van der Waals surface area contributed by atoms with E-state index in [2.05, 4.69) is 10.3 Å². The van der Waals surface area contributed by atoms with Crippen LogP contribution in [0.2, 0.25) is 0 Å². The van der Waals surface area contributed by atoms with Crippen LogP contribution in [0.4, 0.5) is 5.69 Å². The lowest BCUT2D eigenvalue weighted by atomic mass is 9.97. The minimum Gasteiger partial charge on any atom is -0.345 e. The first-order chi connectivity index (χ1) is 11.5. The summed E-state index contributed by atoms with van der Waals surface area (Å²) < 4.78 is 1.54. The number of hydrogen-bond donors (Lipinski definition) is 2. The van der Waals surface area contributed by atoms with Crippen LogP contribution in [0.5, 0.6) is 0 Å². The Labute approximate surface area is 138 Å². The van der Waals surface area contributed by atoms with Gasteiger partial charge >= 0.3 is 0 Å². The summed E-state index contributed by atoms with van der Waals surface area (Å²) in [6, 6.07) is 4.43. The number of carbonyl (C=O) groups excluding carboxylic acids is 1. The number of rotatable bonds is 5. The van der Waals surface area contributed by atoms with E-state index in [0.29, 0.717) is 12.2 Å². The number of nitro groups is 1. The highest BCUT2D eigenvalue weighted by molar-refractivity contribution is 5.95. The number of nitro benzene ring substituents is 1. The van der Waals surface area contributed by atoms with E-state index in [4.69, 9.17) is 5.73 Å². The number of benzene rings is 1. The van der Waals surface area contributed by atoms with Crippen LogP contribution < -0.4 is 11.1 Å². The molecule has 8 nitrogen and oxygen atoms in total.